The van der Waals surface area contributed by atoms with E-state index in [1.807, 2.05) is 13.8 Å². The molecule has 5 nitrogen and oxygen atoms in total. The second kappa shape index (κ2) is 4.44. The van der Waals surface area contributed by atoms with E-state index < -0.39 is 9.05 Å². The van der Waals surface area contributed by atoms with Gasteiger partial charge in [0.1, 0.15) is 0 Å². The van der Waals surface area contributed by atoms with E-state index in [9.17, 15) is 13.2 Å². The van der Waals surface area contributed by atoms with Crippen molar-refractivity contribution < 1.29 is 8.42 Å². The quantitative estimate of drug-likeness (QED) is 0.809. The maximum atomic E-state index is 12.1. The molecule has 0 bridgehead atoms. The van der Waals surface area contributed by atoms with Gasteiger partial charge in [0.05, 0.1) is 15.9 Å². The van der Waals surface area contributed by atoms with Crippen LogP contribution < -0.4 is 5.69 Å². The maximum Gasteiger partial charge on any atom is 0.329 e. The maximum absolute atomic E-state index is 12.1. The van der Waals surface area contributed by atoms with Crippen LogP contribution in [-0.2, 0) is 22.1 Å². The molecule has 0 saturated heterocycles. The summed E-state index contributed by atoms with van der Waals surface area (Å²) in [5, 5.41) is 0. The minimum Gasteiger partial charge on any atom is -0.292 e. The standard InChI is InChI=1S/C11H13ClN2O3S/c1-3-13-9-6-5-8(18(12,16)17)7-10(9)14(4-2)11(13)15/h5-7H,3-4H2,1-2H3. The number of rotatable bonds is 3. The molecule has 2 rings (SSSR count). The molecule has 0 radical (unpaired) electrons. The van der Waals surface area contributed by atoms with Gasteiger partial charge >= 0.3 is 5.69 Å². The van der Waals surface area contributed by atoms with Gasteiger partial charge in [0.2, 0.25) is 0 Å². The van der Waals surface area contributed by atoms with Crippen LogP contribution in [0.2, 0.25) is 0 Å². The largest absolute Gasteiger partial charge is 0.329 e. The van der Waals surface area contributed by atoms with Crippen LogP contribution in [0.1, 0.15) is 13.8 Å². The molecule has 0 aliphatic heterocycles. The first-order valence-corrected chi connectivity index (χ1v) is 7.88. The predicted octanol–water partition coefficient (Wildman–Crippen LogP) is 1.77. The summed E-state index contributed by atoms with van der Waals surface area (Å²) in [5.74, 6) is 0. The van der Waals surface area contributed by atoms with Crippen LogP contribution in [0, 0.1) is 0 Å². The summed E-state index contributed by atoms with van der Waals surface area (Å²) in [5.41, 5.74) is 1.17. The first-order chi connectivity index (χ1) is 8.40. The highest BCUT2D eigenvalue weighted by Crippen LogP contribution is 2.21. The number of nitrogens with zero attached hydrogens (tertiary/aromatic N) is 2. The molecular formula is C11H13ClN2O3S. The van der Waals surface area contributed by atoms with Crippen LogP contribution in [0.15, 0.2) is 27.9 Å². The molecule has 2 aromatic rings. The van der Waals surface area contributed by atoms with Gasteiger partial charge in [-0.05, 0) is 32.0 Å². The molecule has 1 heterocycles. The van der Waals surface area contributed by atoms with Gasteiger partial charge in [-0.3, -0.25) is 9.13 Å². The molecule has 0 unspecified atom stereocenters. The molecule has 1 aromatic carbocycles. The summed E-state index contributed by atoms with van der Waals surface area (Å²) >= 11 is 0. The van der Waals surface area contributed by atoms with Crippen molar-refractivity contribution in [3.63, 3.8) is 0 Å². The Morgan fingerprint density at radius 2 is 1.67 bits per heavy atom. The van der Waals surface area contributed by atoms with E-state index in [1.54, 1.807) is 10.6 Å². The highest BCUT2D eigenvalue weighted by atomic mass is 35.7. The van der Waals surface area contributed by atoms with Crippen molar-refractivity contribution in [2.24, 2.45) is 0 Å². The zero-order valence-corrected chi connectivity index (χ0v) is 11.6. The van der Waals surface area contributed by atoms with Gasteiger partial charge in [0.25, 0.3) is 9.05 Å². The van der Waals surface area contributed by atoms with Crippen LogP contribution in [0.4, 0.5) is 0 Å². The third kappa shape index (κ3) is 1.95. The number of imidazole rings is 1. The van der Waals surface area contributed by atoms with Crippen molar-refractivity contribution in [3.8, 4) is 0 Å². The summed E-state index contributed by atoms with van der Waals surface area (Å²) in [6.45, 7) is 4.72. The van der Waals surface area contributed by atoms with E-state index in [0.717, 1.165) is 0 Å². The second-order valence-corrected chi connectivity index (χ2v) is 6.43. The average Bonchev–Trinajstić information content (AvgIpc) is 2.58. The van der Waals surface area contributed by atoms with E-state index in [0.29, 0.717) is 24.1 Å². The van der Waals surface area contributed by atoms with Crippen LogP contribution in [0.3, 0.4) is 0 Å². The zero-order chi connectivity index (χ0) is 13.5. The number of fused-ring (bicyclic) bond motifs is 1. The summed E-state index contributed by atoms with van der Waals surface area (Å²) in [4.78, 5) is 12.1. The minimum absolute atomic E-state index is 0.00659. The van der Waals surface area contributed by atoms with Gasteiger partial charge in [0.15, 0.2) is 0 Å². The first kappa shape index (κ1) is 13.2. The molecule has 0 spiro atoms. The van der Waals surface area contributed by atoms with Crippen molar-refractivity contribution in [3.05, 3.63) is 28.7 Å². The van der Waals surface area contributed by atoms with Gasteiger partial charge in [-0.25, -0.2) is 13.2 Å². The van der Waals surface area contributed by atoms with E-state index in [2.05, 4.69) is 0 Å². The highest BCUT2D eigenvalue weighted by Gasteiger charge is 2.15. The predicted molar refractivity (Wildman–Crippen MR) is 70.6 cm³/mol. The van der Waals surface area contributed by atoms with Crippen LogP contribution in [0.25, 0.3) is 11.0 Å². The average molecular weight is 289 g/mol. The first-order valence-electron chi connectivity index (χ1n) is 5.58. The third-order valence-electron chi connectivity index (χ3n) is 2.90. The van der Waals surface area contributed by atoms with Gasteiger partial charge in [-0.15, -0.1) is 0 Å². The molecule has 7 heteroatoms. The molecular weight excluding hydrogens is 276 g/mol. The van der Waals surface area contributed by atoms with Crippen molar-refractivity contribution in [2.75, 3.05) is 0 Å². The summed E-state index contributed by atoms with van der Waals surface area (Å²) in [6.07, 6.45) is 0. The number of hydrogen-bond donors (Lipinski definition) is 0. The van der Waals surface area contributed by atoms with Crippen LogP contribution >= 0.6 is 10.7 Å². The lowest BCUT2D eigenvalue weighted by Gasteiger charge is -2.00. The van der Waals surface area contributed by atoms with Crippen LogP contribution in [-0.4, -0.2) is 17.6 Å². The normalized spacial score (nSPS) is 12.2. The van der Waals surface area contributed by atoms with Crippen molar-refractivity contribution >= 4 is 30.8 Å². The molecule has 0 atom stereocenters. The topological polar surface area (TPSA) is 61.1 Å². The lowest BCUT2D eigenvalue weighted by molar-refractivity contribution is 0.609. The Morgan fingerprint density at radius 3 is 2.17 bits per heavy atom. The lowest BCUT2D eigenvalue weighted by atomic mass is 10.3. The van der Waals surface area contributed by atoms with Crippen molar-refractivity contribution in [1.29, 1.82) is 0 Å². The number of benzene rings is 1. The highest BCUT2D eigenvalue weighted by molar-refractivity contribution is 8.13. The molecule has 0 saturated carbocycles. The van der Waals surface area contributed by atoms with E-state index in [4.69, 9.17) is 10.7 Å². The van der Waals surface area contributed by atoms with Gasteiger partial charge in [-0.2, -0.15) is 0 Å². The number of halogens is 1. The molecule has 0 aliphatic rings. The fraction of sp³-hybridized carbons (Fsp3) is 0.364. The second-order valence-electron chi connectivity index (χ2n) is 3.86. The SMILES string of the molecule is CCn1c(=O)n(CC)c2cc(S(=O)(=O)Cl)ccc21. The Balaban J connectivity index is 2.90. The lowest BCUT2D eigenvalue weighted by Crippen LogP contribution is -2.23. The Hall–Kier alpha value is -1.27. The zero-order valence-electron chi connectivity index (χ0n) is 10.1. The smallest absolute Gasteiger partial charge is 0.292 e. The molecule has 1 aromatic heterocycles. The number of aromatic nitrogens is 2. The fourth-order valence-corrected chi connectivity index (χ4v) is 2.83. The van der Waals surface area contributed by atoms with Gasteiger partial charge in [-0.1, -0.05) is 0 Å². The van der Waals surface area contributed by atoms with Crippen LogP contribution in [0.5, 0.6) is 0 Å². The number of aryl methyl sites for hydroxylation is 2. The molecule has 0 N–H and O–H groups in total. The molecule has 18 heavy (non-hydrogen) atoms. The molecule has 0 fully saturated rings. The van der Waals surface area contributed by atoms with Crippen molar-refractivity contribution in [1.82, 2.24) is 9.13 Å². The van der Waals surface area contributed by atoms with E-state index in [1.165, 1.54) is 16.7 Å². The Labute approximate surface area is 109 Å². The fourth-order valence-electron chi connectivity index (χ4n) is 2.06. The third-order valence-corrected chi connectivity index (χ3v) is 4.26. The summed E-state index contributed by atoms with van der Waals surface area (Å²) in [7, 11) is 1.53. The molecule has 98 valence electrons. The monoisotopic (exact) mass is 288 g/mol. The van der Waals surface area contributed by atoms with Gasteiger partial charge in [0, 0.05) is 23.8 Å². The Kier molecular flexibility index (Phi) is 3.25. The minimum atomic E-state index is -3.78. The van der Waals surface area contributed by atoms with E-state index in [-0.39, 0.29) is 10.6 Å². The Morgan fingerprint density at radius 1 is 1.11 bits per heavy atom. The number of hydrogen-bond acceptors (Lipinski definition) is 3. The van der Waals surface area contributed by atoms with Crippen molar-refractivity contribution in [2.45, 2.75) is 31.8 Å². The summed E-state index contributed by atoms with van der Waals surface area (Å²) < 4.78 is 25.8. The van der Waals surface area contributed by atoms with E-state index >= 15 is 0 Å². The Bertz CT molecular complexity index is 758. The molecule has 0 aliphatic carbocycles. The van der Waals surface area contributed by atoms with Gasteiger partial charge < -0.3 is 0 Å². The molecule has 0 amide bonds. The summed E-state index contributed by atoms with van der Waals surface area (Å²) in [6, 6.07) is 4.46.